The second kappa shape index (κ2) is 4.64. The Hall–Kier alpha value is -1.50. The van der Waals surface area contributed by atoms with E-state index in [2.05, 4.69) is 57.0 Å². The Morgan fingerprint density at radius 3 is 2.67 bits per heavy atom. The van der Waals surface area contributed by atoms with Crippen molar-refractivity contribution in [1.29, 1.82) is 0 Å². The molecule has 96 valence electrons. The first-order valence-electron chi connectivity index (χ1n) is 6.65. The number of aryl methyl sites for hydroxylation is 1. The predicted molar refractivity (Wildman–Crippen MR) is 81.2 cm³/mol. The highest BCUT2D eigenvalue weighted by Crippen LogP contribution is 2.40. The minimum atomic E-state index is -0.00856. The summed E-state index contributed by atoms with van der Waals surface area (Å²) < 4.78 is 0. The van der Waals surface area contributed by atoms with Crippen LogP contribution < -0.4 is 5.32 Å². The van der Waals surface area contributed by atoms with E-state index in [-0.39, 0.29) is 5.41 Å². The first-order valence-corrected chi connectivity index (χ1v) is 6.65. The van der Waals surface area contributed by atoms with Gasteiger partial charge in [-0.2, -0.15) is 0 Å². The van der Waals surface area contributed by atoms with Gasteiger partial charge in [-0.05, 0) is 42.5 Å². The van der Waals surface area contributed by atoms with Crippen LogP contribution in [0.2, 0.25) is 0 Å². The lowest BCUT2D eigenvalue weighted by atomic mass is 9.74. The van der Waals surface area contributed by atoms with E-state index in [1.165, 1.54) is 28.0 Å². The number of benzene rings is 1. The maximum absolute atomic E-state index is 4.18. The summed E-state index contributed by atoms with van der Waals surface area (Å²) in [4.78, 5) is 0. The highest BCUT2D eigenvalue weighted by atomic mass is 14.8. The van der Waals surface area contributed by atoms with Gasteiger partial charge in [-0.1, -0.05) is 44.2 Å². The van der Waals surface area contributed by atoms with Crippen molar-refractivity contribution >= 4 is 11.8 Å². The van der Waals surface area contributed by atoms with Crippen LogP contribution in [0.5, 0.6) is 0 Å². The van der Waals surface area contributed by atoms with E-state index in [0.29, 0.717) is 0 Å². The van der Waals surface area contributed by atoms with E-state index >= 15 is 0 Å². The summed E-state index contributed by atoms with van der Waals surface area (Å²) in [7, 11) is 1.99. The molecule has 0 bridgehead atoms. The minimum Gasteiger partial charge on any atom is -0.388 e. The summed E-state index contributed by atoms with van der Waals surface area (Å²) in [6.45, 7) is 10.8. The van der Waals surface area contributed by atoms with Crippen LogP contribution in [-0.4, -0.2) is 7.05 Å². The first kappa shape index (κ1) is 12.9. The molecule has 2 rings (SSSR count). The van der Waals surface area contributed by atoms with Gasteiger partial charge in [0.15, 0.2) is 0 Å². The molecule has 0 heterocycles. The lowest BCUT2D eigenvalue weighted by Crippen LogP contribution is -2.22. The third-order valence-electron chi connectivity index (χ3n) is 4.16. The van der Waals surface area contributed by atoms with Gasteiger partial charge < -0.3 is 5.32 Å². The highest BCUT2D eigenvalue weighted by molar-refractivity contribution is 5.71. The largest absolute Gasteiger partial charge is 0.388 e. The average molecular weight is 241 g/mol. The molecular formula is C17H23N. The van der Waals surface area contributed by atoms with Crippen LogP contribution >= 0.6 is 0 Å². The Bertz CT molecular complexity index is 507. The molecule has 1 nitrogen and oxygen atoms in total. The second-order valence-corrected chi connectivity index (χ2v) is 5.66. The molecular weight excluding hydrogens is 218 g/mol. The Labute approximate surface area is 111 Å². The molecule has 1 aromatic rings. The molecule has 1 aliphatic carbocycles. The van der Waals surface area contributed by atoms with Gasteiger partial charge in [0.2, 0.25) is 0 Å². The van der Waals surface area contributed by atoms with E-state index in [1.807, 2.05) is 7.05 Å². The third kappa shape index (κ3) is 1.98. The zero-order valence-corrected chi connectivity index (χ0v) is 11.9. The highest BCUT2D eigenvalue weighted by Gasteiger charge is 2.28. The molecule has 0 spiro atoms. The fourth-order valence-corrected chi connectivity index (χ4v) is 2.61. The lowest BCUT2D eigenvalue weighted by molar-refractivity contribution is 0.625. The molecule has 1 aromatic carbocycles. The van der Waals surface area contributed by atoms with Crippen molar-refractivity contribution in [3.63, 3.8) is 0 Å². The van der Waals surface area contributed by atoms with Crippen LogP contribution in [0.1, 0.15) is 43.9 Å². The Morgan fingerprint density at radius 1 is 1.33 bits per heavy atom. The van der Waals surface area contributed by atoms with Gasteiger partial charge in [0.05, 0.1) is 0 Å². The van der Waals surface area contributed by atoms with E-state index in [9.17, 15) is 0 Å². The Balaban J connectivity index is 2.71. The van der Waals surface area contributed by atoms with Gasteiger partial charge in [-0.15, -0.1) is 0 Å². The van der Waals surface area contributed by atoms with Gasteiger partial charge in [0, 0.05) is 18.2 Å². The van der Waals surface area contributed by atoms with E-state index in [4.69, 9.17) is 0 Å². The molecule has 0 amide bonds. The summed E-state index contributed by atoms with van der Waals surface area (Å²) in [5.41, 5.74) is 6.64. The molecule has 1 aliphatic rings. The fraction of sp³-hybridized carbons (Fsp3) is 0.412. The number of anilines is 1. The van der Waals surface area contributed by atoms with Gasteiger partial charge in [0.25, 0.3) is 0 Å². The van der Waals surface area contributed by atoms with E-state index in [0.717, 1.165) is 12.8 Å². The number of nitrogens with one attached hydrogen (secondary N) is 1. The van der Waals surface area contributed by atoms with Crippen molar-refractivity contribution in [2.24, 2.45) is 0 Å². The SMILES string of the molecule is C=C(C)C(C)(C)c1c(NC)ccc2c1C=CCC2. The number of hydrogen-bond acceptors (Lipinski definition) is 1. The quantitative estimate of drug-likeness (QED) is 0.766. The van der Waals surface area contributed by atoms with Gasteiger partial charge in [-0.25, -0.2) is 0 Å². The monoisotopic (exact) mass is 241 g/mol. The number of rotatable bonds is 3. The topological polar surface area (TPSA) is 12.0 Å². The lowest BCUT2D eigenvalue weighted by Gasteiger charge is -2.32. The molecule has 1 heteroatoms. The van der Waals surface area contributed by atoms with Crippen molar-refractivity contribution in [1.82, 2.24) is 0 Å². The predicted octanol–water partition coefficient (Wildman–Crippen LogP) is 4.54. The summed E-state index contributed by atoms with van der Waals surface area (Å²) in [6, 6.07) is 4.46. The molecule has 0 saturated carbocycles. The van der Waals surface area contributed by atoms with Crippen molar-refractivity contribution in [3.05, 3.63) is 47.1 Å². The number of fused-ring (bicyclic) bond motifs is 1. The van der Waals surface area contributed by atoms with Gasteiger partial charge in [0.1, 0.15) is 0 Å². The zero-order valence-electron chi connectivity index (χ0n) is 11.9. The van der Waals surface area contributed by atoms with E-state index in [1.54, 1.807) is 0 Å². The van der Waals surface area contributed by atoms with Gasteiger partial charge in [-0.3, -0.25) is 0 Å². The number of hydrogen-bond donors (Lipinski definition) is 1. The third-order valence-corrected chi connectivity index (χ3v) is 4.16. The molecule has 0 atom stereocenters. The maximum atomic E-state index is 4.18. The molecule has 0 unspecified atom stereocenters. The van der Waals surface area contributed by atoms with Crippen LogP contribution in [0.3, 0.4) is 0 Å². The van der Waals surface area contributed by atoms with Crippen molar-refractivity contribution in [3.8, 4) is 0 Å². The molecule has 0 fully saturated rings. The Morgan fingerprint density at radius 2 is 2.06 bits per heavy atom. The minimum absolute atomic E-state index is 0.00856. The van der Waals surface area contributed by atoms with Crippen LogP contribution in [0.4, 0.5) is 5.69 Å². The standard InChI is InChI=1S/C17H23N/c1-12(2)17(3,4)16-14-9-7-6-8-13(14)10-11-15(16)18-5/h7,9-11,18H,1,6,8H2,2-5H3. The molecule has 18 heavy (non-hydrogen) atoms. The van der Waals surface area contributed by atoms with Crippen molar-refractivity contribution in [2.75, 3.05) is 12.4 Å². The van der Waals surface area contributed by atoms with Crippen LogP contribution in [0.25, 0.3) is 6.08 Å². The van der Waals surface area contributed by atoms with E-state index < -0.39 is 0 Å². The molecule has 0 aromatic heterocycles. The van der Waals surface area contributed by atoms with Crippen LogP contribution in [0, 0.1) is 0 Å². The summed E-state index contributed by atoms with van der Waals surface area (Å²) in [5.74, 6) is 0. The maximum Gasteiger partial charge on any atom is 0.0385 e. The molecule has 0 radical (unpaired) electrons. The van der Waals surface area contributed by atoms with Gasteiger partial charge >= 0.3 is 0 Å². The second-order valence-electron chi connectivity index (χ2n) is 5.66. The first-order chi connectivity index (χ1) is 8.48. The summed E-state index contributed by atoms with van der Waals surface area (Å²) in [6.07, 6.45) is 6.85. The van der Waals surface area contributed by atoms with Crippen LogP contribution in [0.15, 0.2) is 30.4 Å². The summed E-state index contributed by atoms with van der Waals surface area (Å²) in [5, 5.41) is 3.33. The van der Waals surface area contributed by atoms with Crippen molar-refractivity contribution in [2.45, 2.75) is 39.0 Å². The van der Waals surface area contributed by atoms with Crippen LogP contribution in [-0.2, 0) is 11.8 Å². The molecule has 0 aliphatic heterocycles. The summed E-state index contributed by atoms with van der Waals surface area (Å²) >= 11 is 0. The Kier molecular flexibility index (Phi) is 3.34. The normalized spacial score (nSPS) is 14.2. The molecule has 0 saturated heterocycles. The smallest absolute Gasteiger partial charge is 0.0385 e. The average Bonchev–Trinajstić information content (AvgIpc) is 2.36. The fourth-order valence-electron chi connectivity index (χ4n) is 2.61. The zero-order chi connectivity index (χ0) is 13.3. The number of allylic oxidation sites excluding steroid dienone is 2. The molecule has 1 N–H and O–H groups in total. The van der Waals surface area contributed by atoms with Crippen molar-refractivity contribution < 1.29 is 0 Å².